The zero-order valence-corrected chi connectivity index (χ0v) is 12.6. The second-order valence-electron chi connectivity index (χ2n) is 5.34. The second-order valence-corrected chi connectivity index (χ2v) is 5.34. The molecule has 0 aromatic carbocycles. The third kappa shape index (κ3) is 3.83. The fourth-order valence-electron chi connectivity index (χ4n) is 2.85. The van der Waals surface area contributed by atoms with Gasteiger partial charge in [0.15, 0.2) is 0 Å². The van der Waals surface area contributed by atoms with Gasteiger partial charge >= 0.3 is 0 Å². The molecule has 21 heavy (non-hydrogen) atoms. The summed E-state index contributed by atoms with van der Waals surface area (Å²) in [5.41, 5.74) is 6.74. The fourth-order valence-corrected chi connectivity index (χ4v) is 2.85. The van der Waals surface area contributed by atoms with Gasteiger partial charge in [-0.15, -0.1) is 0 Å². The number of hydrogen-bond donors (Lipinski definition) is 1. The van der Waals surface area contributed by atoms with E-state index in [0.29, 0.717) is 17.2 Å². The Hall–Kier alpha value is -1.86. The number of nitrogens with two attached hydrogens (primary N) is 1. The lowest BCUT2D eigenvalue weighted by molar-refractivity contribution is 0.0678. The number of carbonyl (C=O) groups is 1. The minimum atomic E-state index is 0.0764. The molecule has 1 fully saturated rings. The van der Waals surface area contributed by atoms with Crippen LogP contribution in [0, 0.1) is 11.8 Å². The summed E-state index contributed by atoms with van der Waals surface area (Å²) in [5.74, 6) is 5.84. The van der Waals surface area contributed by atoms with E-state index in [1.54, 1.807) is 18.5 Å². The first kappa shape index (κ1) is 15.5. The first-order valence-corrected chi connectivity index (χ1v) is 7.71. The van der Waals surface area contributed by atoms with E-state index < -0.39 is 0 Å². The van der Waals surface area contributed by atoms with Gasteiger partial charge in [-0.05, 0) is 25.3 Å². The molecule has 1 aromatic rings. The summed E-state index contributed by atoms with van der Waals surface area (Å²) in [7, 11) is 0. The van der Waals surface area contributed by atoms with Crippen molar-refractivity contribution >= 4 is 5.91 Å². The molecule has 1 amide bonds. The summed E-state index contributed by atoms with van der Waals surface area (Å²) >= 11 is 0. The fraction of sp³-hybridized carbons (Fsp3) is 0.529. The zero-order valence-electron chi connectivity index (χ0n) is 12.6. The van der Waals surface area contributed by atoms with Gasteiger partial charge in [-0.2, -0.15) is 0 Å². The van der Waals surface area contributed by atoms with Crippen molar-refractivity contribution in [1.29, 1.82) is 0 Å². The molecule has 1 atom stereocenters. The number of likely N-dealkylation sites (tertiary alicyclic amines) is 1. The zero-order chi connectivity index (χ0) is 15.1. The number of amides is 1. The van der Waals surface area contributed by atoms with Gasteiger partial charge in [-0.1, -0.05) is 31.6 Å². The normalized spacial score (nSPS) is 18.6. The Morgan fingerprint density at radius 3 is 3.10 bits per heavy atom. The summed E-state index contributed by atoms with van der Waals surface area (Å²) in [5, 5.41) is 0. The smallest absolute Gasteiger partial charge is 0.255 e. The topological polar surface area (TPSA) is 59.2 Å². The van der Waals surface area contributed by atoms with Crippen LogP contribution in [0.3, 0.4) is 0 Å². The van der Waals surface area contributed by atoms with Crippen molar-refractivity contribution < 1.29 is 4.79 Å². The van der Waals surface area contributed by atoms with Crippen LogP contribution in [0.4, 0.5) is 0 Å². The monoisotopic (exact) mass is 285 g/mol. The minimum Gasteiger partial charge on any atom is -0.336 e. The molecule has 0 saturated carbocycles. The molecule has 1 aromatic heterocycles. The molecular weight excluding hydrogens is 262 g/mol. The summed E-state index contributed by atoms with van der Waals surface area (Å²) in [6, 6.07) is 2.10. The van der Waals surface area contributed by atoms with Crippen LogP contribution in [0.5, 0.6) is 0 Å². The van der Waals surface area contributed by atoms with E-state index in [1.165, 1.54) is 12.8 Å². The Bertz CT molecular complexity index is 544. The molecule has 1 saturated heterocycles. The van der Waals surface area contributed by atoms with E-state index in [9.17, 15) is 4.79 Å². The first-order valence-electron chi connectivity index (χ1n) is 7.71. The Kier molecular flexibility index (Phi) is 5.77. The molecular formula is C17H23N3O. The standard InChI is InChI=1S/C17H23N3O/c1-2-15-8-4-3-5-12-20(15)17(21)16-9-11-19-13-14(16)7-6-10-18/h9,11,13,15H,2-5,8,10,12,18H2,1H3. The molecule has 0 aliphatic carbocycles. The Balaban J connectivity index is 2.29. The average Bonchev–Trinajstić information content (AvgIpc) is 2.77. The van der Waals surface area contributed by atoms with Crippen molar-refractivity contribution in [3.63, 3.8) is 0 Å². The Morgan fingerprint density at radius 2 is 2.33 bits per heavy atom. The first-order chi connectivity index (χ1) is 10.3. The third-order valence-electron chi connectivity index (χ3n) is 3.99. The van der Waals surface area contributed by atoms with Gasteiger partial charge in [0.2, 0.25) is 0 Å². The maximum Gasteiger partial charge on any atom is 0.255 e. The number of pyridine rings is 1. The molecule has 1 aliphatic heterocycles. The van der Waals surface area contributed by atoms with Crippen LogP contribution in [0.15, 0.2) is 18.5 Å². The number of nitrogens with zero attached hydrogens (tertiary/aromatic N) is 2. The lowest BCUT2D eigenvalue weighted by atomic mass is 10.0. The molecule has 2 heterocycles. The molecule has 112 valence electrons. The van der Waals surface area contributed by atoms with E-state index in [2.05, 4.69) is 23.7 Å². The number of hydrogen-bond acceptors (Lipinski definition) is 3. The Morgan fingerprint density at radius 1 is 1.48 bits per heavy atom. The number of carbonyl (C=O) groups excluding carboxylic acids is 1. The van der Waals surface area contributed by atoms with Gasteiger partial charge in [0.25, 0.3) is 5.91 Å². The maximum atomic E-state index is 12.9. The highest BCUT2D eigenvalue weighted by Crippen LogP contribution is 2.22. The van der Waals surface area contributed by atoms with Crippen LogP contribution in [0.1, 0.15) is 54.9 Å². The van der Waals surface area contributed by atoms with Crippen molar-refractivity contribution in [2.45, 2.75) is 45.1 Å². The molecule has 0 bridgehead atoms. The van der Waals surface area contributed by atoms with Crippen LogP contribution < -0.4 is 5.73 Å². The van der Waals surface area contributed by atoms with Crippen LogP contribution in [0.2, 0.25) is 0 Å². The van der Waals surface area contributed by atoms with Gasteiger partial charge in [-0.25, -0.2) is 0 Å². The highest BCUT2D eigenvalue weighted by molar-refractivity contribution is 5.96. The van der Waals surface area contributed by atoms with Crippen molar-refractivity contribution in [3.8, 4) is 11.8 Å². The highest BCUT2D eigenvalue weighted by Gasteiger charge is 2.26. The second kappa shape index (κ2) is 7.80. The molecule has 0 radical (unpaired) electrons. The summed E-state index contributed by atoms with van der Waals surface area (Å²) in [4.78, 5) is 19.0. The van der Waals surface area contributed by atoms with E-state index >= 15 is 0 Å². The lowest BCUT2D eigenvalue weighted by Gasteiger charge is -2.29. The predicted molar refractivity (Wildman–Crippen MR) is 83.8 cm³/mol. The largest absolute Gasteiger partial charge is 0.336 e. The molecule has 4 nitrogen and oxygen atoms in total. The van der Waals surface area contributed by atoms with Gasteiger partial charge in [-0.3, -0.25) is 9.78 Å². The van der Waals surface area contributed by atoms with Crippen LogP contribution in [0.25, 0.3) is 0 Å². The van der Waals surface area contributed by atoms with Crippen molar-refractivity contribution in [1.82, 2.24) is 9.88 Å². The van der Waals surface area contributed by atoms with Gasteiger partial charge in [0.05, 0.1) is 17.7 Å². The van der Waals surface area contributed by atoms with E-state index in [4.69, 9.17) is 5.73 Å². The number of rotatable bonds is 2. The van der Waals surface area contributed by atoms with Crippen molar-refractivity contribution in [2.24, 2.45) is 5.73 Å². The van der Waals surface area contributed by atoms with Crippen LogP contribution in [-0.2, 0) is 0 Å². The van der Waals surface area contributed by atoms with Gasteiger partial charge < -0.3 is 10.6 Å². The maximum absolute atomic E-state index is 12.9. The number of aromatic nitrogens is 1. The molecule has 2 rings (SSSR count). The summed E-state index contributed by atoms with van der Waals surface area (Å²) in [6.45, 7) is 3.27. The molecule has 0 spiro atoms. The van der Waals surface area contributed by atoms with Gasteiger partial charge in [0.1, 0.15) is 0 Å². The van der Waals surface area contributed by atoms with E-state index in [1.807, 2.05) is 4.90 Å². The summed E-state index contributed by atoms with van der Waals surface area (Å²) < 4.78 is 0. The average molecular weight is 285 g/mol. The molecule has 2 N–H and O–H groups in total. The third-order valence-corrected chi connectivity index (χ3v) is 3.99. The van der Waals surface area contributed by atoms with Gasteiger partial charge in [0, 0.05) is 25.0 Å². The van der Waals surface area contributed by atoms with Crippen molar-refractivity contribution in [3.05, 3.63) is 29.6 Å². The predicted octanol–water partition coefficient (Wildman–Crippen LogP) is 2.19. The molecule has 4 heteroatoms. The highest BCUT2D eigenvalue weighted by atomic mass is 16.2. The summed E-state index contributed by atoms with van der Waals surface area (Å²) in [6.07, 6.45) is 8.89. The van der Waals surface area contributed by atoms with E-state index in [-0.39, 0.29) is 12.5 Å². The molecule has 1 unspecified atom stereocenters. The minimum absolute atomic E-state index is 0.0764. The van der Waals surface area contributed by atoms with Crippen LogP contribution in [-0.4, -0.2) is 34.9 Å². The van der Waals surface area contributed by atoms with Crippen LogP contribution >= 0.6 is 0 Å². The van der Waals surface area contributed by atoms with Crippen molar-refractivity contribution in [2.75, 3.05) is 13.1 Å². The quantitative estimate of drug-likeness (QED) is 0.847. The SMILES string of the molecule is CCC1CCCCCN1C(=O)c1ccncc1C#CCN. The van der Waals surface area contributed by atoms with E-state index in [0.717, 1.165) is 25.8 Å². The lowest BCUT2D eigenvalue weighted by Crippen LogP contribution is -2.40. The molecule has 1 aliphatic rings. The Labute approximate surface area is 126 Å².